The molecule has 0 saturated carbocycles. The number of amides is 1. The van der Waals surface area contributed by atoms with Crippen LogP contribution in [-0.4, -0.2) is 30.6 Å². The average Bonchev–Trinajstić information content (AvgIpc) is 2.36. The number of carbonyl (C=O) groups excluding carboxylic acids is 1. The van der Waals surface area contributed by atoms with Crippen molar-refractivity contribution >= 4 is 5.91 Å². The summed E-state index contributed by atoms with van der Waals surface area (Å²) >= 11 is 0. The Morgan fingerprint density at radius 1 is 1.47 bits per heavy atom. The molecule has 0 aliphatic carbocycles. The molecule has 1 rings (SSSR count). The van der Waals surface area contributed by atoms with Crippen molar-refractivity contribution < 1.29 is 18.7 Å². The minimum atomic E-state index is -2.58. The molecule has 0 saturated heterocycles. The van der Waals surface area contributed by atoms with Crippen LogP contribution in [0.1, 0.15) is 27.9 Å². The van der Waals surface area contributed by atoms with Gasteiger partial charge in [0.25, 0.3) is 12.3 Å². The molecule has 5 heteroatoms. The first kappa shape index (κ1) is 15.1. The van der Waals surface area contributed by atoms with Crippen molar-refractivity contribution in [3.05, 3.63) is 34.9 Å². The summed E-state index contributed by atoms with van der Waals surface area (Å²) in [6.07, 6.45) is -2.29. The lowest BCUT2D eigenvalue weighted by atomic mass is 10.0. The molecule has 0 bridgehead atoms. The third kappa shape index (κ3) is 5.06. The van der Waals surface area contributed by atoms with E-state index >= 15 is 0 Å². The summed E-state index contributed by atoms with van der Waals surface area (Å²) in [6, 6.07) is 4.98. The van der Waals surface area contributed by atoms with E-state index < -0.39 is 18.9 Å². The topological polar surface area (TPSA) is 49.3 Å². The predicted octanol–water partition coefficient (Wildman–Crippen LogP) is 1.72. The minimum absolute atomic E-state index is 0.0638. The van der Waals surface area contributed by atoms with E-state index in [-0.39, 0.29) is 12.2 Å². The second kappa shape index (κ2) is 7.49. The number of aryl methyl sites for hydroxylation is 1. The summed E-state index contributed by atoms with van der Waals surface area (Å²) in [4.78, 5) is 11.8. The van der Waals surface area contributed by atoms with Gasteiger partial charge in [0, 0.05) is 12.0 Å². The molecule has 0 spiro atoms. The van der Waals surface area contributed by atoms with E-state index in [2.05, 4.69) is 17.2 Å². The fourth-order valence-electron chi connectivity index (χ4n) is 1.44. The average molecular weight is 267 g/mol. The highest BCUT2D eigenvalue weighted by Gasteiger charge is 2.12. The maximum Gasteiger partial charge on any atom is 0.255 e. The number of aliphatic hydroxyl groups is 1. The van der Waals surface area contributed by atoms with Gasteiger partial charge in [-0.25, -0.2) is 8.78 Å². The first-order valence-corrected chi connectivity index (χ1v) is 5.81. The molecular weight excluding hydrogens is 252 g/mol. The molecule has 0 unspecified atom stereocenters. The molecule has 0 aromatic heterocycles. The van der Waals surface area contributed by atoms with Crippen LogP contribution in [-0.2, 0) is 0 Å². The van der Waals surface area contributed by atoms with Crippen molar-refractivity contribution in [2.24, 2.45) is 0 Å². The quantitative estimate of drug-likeness (QED) is 0.816. The van der Waals surface area contributed by atoms with Crippen LogP contribution in [0.15, 0.2) is 18.2 Å². The van der Waals surface area contributed by atoms with Gasteiger partial charge in [0.05, 0.1) is 18.7 Å². The van der Waals surface area contributed by atoms with Crippen LogP contribution in [0.5, 0.6) is 0 Å². The zero-order valence-electron chi connectivity index (χ0n) is 10.5. The van der Waals surface area contributed by atoms with Crippen LogP contribution >= 0.6 is 0 Å². The lowest BCUT2D eigenvalue weighted by Gasteiger charge is -2.07. The molecule has 1 amide bonds. The van der Waals surface area contributed by atoms with Crippen molar-refractivity contribution in [2.45, 2.75) is 19.8 Å². The van der Waals surface area contributed by atoms with Crippen LogP contribution in [0.2, 0.25) is 0 Å². The SMILES string of the molecule is Cc1ccc(C(=O)NCC(F)F)c(C#CCCO)c1. The van der Waals surface area contributed by atoms with Gasteiger partial charge in [-0.1, -0.05) is 17.9 Å². The van der Waals surface area contributed by atoms with Gasteiger partial charge in [-0.3, -0.25) is 4.79 Å². The molecule has 0 atom stereocenters. The first-order chi connectivity index (χ1) is 9.04. The molecule has 0 radical (unpaired) electrons. The largest absolute Gasteiger partial charge is 0.395 e. The van der Waals surface area contributed by atoms with Crippen molar-refractivity contribution in [2.75, 3.05) is 13.2 Å². The van der Waals surface area contributed by atoms with Crippen LogP contribution in [0.4, 0.5) is 8.78 Å². The van der Waals surface area contributed by atoms with E-state index in [1.807, 2.05) is 6.92 Å². The highest BCUT2D eigenvalue weighted by atomic mass is 19.3. The Labute approximate surface area is 110 Å². The van der Waals surface area contributed by atoms with E-state index in [4.69, 9.17) is 5.11 Å². The van der Waals surface area contributed by atoms with Gasteiger partial charge in [-0.05, 0) is 24.6 Å². The van der Waals surface area contributed by atoms with Crippen molar-refractivity contribution in [1.29, 1.82) is 0 Å². The number of benzene rings is 1. The predicted molar refractivity (Wildman–Crippen MR) is 68.1 cm³/mol. The van der Waals surface area contributed by atoms with Crippen molar-refractivity contribution in [3.63, 3.8) is 0 Å². The molecule has 1 aromatic rings. The molecule has 102 valence electrons. The van der Waals surface area contributed by atoms with Gasteiger partial charge in [0.15, 0.2) is 0 Å². The van der Waals surface area contributed by atoms with Gasteiger partial charge < -0.3 is 10.4 Å². The lowest BCUT2D eigenvalue weighted by molar-refractivity contribution is 0.0891. The number of hydrogen-bond acceptors (Lipinski definition) is 2. The zero-order valence-corrected chi connectivity index (χ0v) is 10.5. The van der Waals surface area contributed by atoms with Gasteiger partial charge in [-0.15, -0.1) is 0 Å². The Morgan fingerprint density at radius 2 is 2.21 bits per heavy atom. The fourth-order valence-corrected chi connectivity index (χ4v) is 1.44. The Balaban J connectivity index is 2.93. The number of nitrogens with one attached hydrogen (secondary N) is 1. The number of carbonyl (C=O) groups is 1. The van der Waals surface area contributed by atoms with Crippen LogP contribution < -0.4 is 5.32 Å². The summed E-state index contributed by atoms with van der Waals surface area (Å²) in [5.41, 5.74) is 1.65. The van der Waals surface area contributed by atoms with E-state index in [1.165, 1.54) is 0 Å². The Kier molecular flexibility index (Phi) is 5.97. The fraction of sp³-hybridized carbons (Fsp3) is 0.357. The molecular formula is C14H15F2NO2. The maximum absolute atomic E-state index is 12.1. The number of rotatable bonds is 4. The number of hydrogen-bond donors (Lipinski definition) is 2. The Hall–Kier alpha value is -1.93. The van der Waals surface area contributed by atoms with Gasteiger partial charge in [0.1, 0.15) is 0 Å². The summed E-state index contributed by atoms with van der Waals surface area (Å²) in [6.45, 7) is 1.10. The van der Waals surface area contributed by atoms with Crippen LogP contribution in [0.25, 0.3) is 0 Å². The molecule has 0 aliphatic heterocycles. The van der Waals surface area contributed by atoms with Gasteiger partial charge >= 0.3 is 0 Å². The highest BCUT2D eigenvalue weighted by molar-refractivity contribution is 5.96. The van der Waals surface area contributed by atoms with E-state index in [1.54, 1.807) is 18.2 Å². The standard InChI is InChI=1S/C14H15F2NO2/c1-10-5-6-12(14(19)17-9-13(15)16)11(8-10)4-2-3-7-18/h5-6,8,13,18H,3,7,9H2,1H3,(H,17,19). The second-order valence-electron chi connectivity index (χ2n) is 3.93. The van der Waals surface area contributed by atoms with Crippen LogP contribution in [0.3, 0.4) is 0 Å². The summed E-state index contributed by atoms with van der Waals surface area (Å²) in [7, 11) is 0. The molecule has 1 aromatic carbocycles. The molecule has 0 heterocycles. The smallest absolute Gasteiger partial charge is 0.255 e. The molecule has 0 fully saturated rings. The third-order valence-corrected chi connectivity index (χ3v) is 2.30. The van der Waals surface area contributed by atoms with Crippen molar-refractivity contribution in [1.82, 2.24) is 5.32 Å². The van der Waals surface area contributed by atoms with E-state index in [0.717, 1.165) is 5.56 Å². The molecule has 3 nitrogen and oxygen atoms in total. The summed E-state index contributed by atoms with van der Waals surface area (Å²) in [5, 5.41) is 10.8. The number of aliphatic hydroxyl groups excluding tert-OH is 1. The Morgan fingerprint density at radius 3 is 2.84 bits per heavy atom. The van der Waals surface area contributed by atoms with E-state index in [9.17, 15) is 13.6 Å². The molecule has 2 N–H and O–H groups in total. The molecule has 0 aliphatic rings. The normalized spacial score (nSPS) is 9.95. The molecule has 19 heavy (non-hydrogen) atoms. The number of alkyl halides is 2. The third-order valence-electron chi connectivity index (χ3n) is 2.30. The highest BCUT2D eigenvalue weighted by Crippen LogP contribution is 2.11. The zero-order chi connectivity index (χ0) is 14.3. The Bertz CT molecular complexity index is 504. The number of halogens is 2. The monoisotopic (exact) mass is 267 g/mol. The summed E-state index contributed by atoms with van der Waals surface area (Å²) in [5.74, 6) is 4.90. The van der Waals surface area contributed by atoms with Crippen LogP contribution in [0, 0.1) is 18.8 Å². The van der Waals surface area contributed by atoms with Gasteiger partial charge in [0.2, 0.25) is 0 Å². The lowest BCUT2D eigenvalue weighted by Crippen LogP contribution is -2.29. The second-order valence-corrected chi connectivity index (χ2v) is 3.93. The summed E-state index contributed by atoms with van der Waals surface area (Å²) < 4.78 is 24.1. The minimum Gasteiger partial charge on any atom is -0.395 e. The van der Waals surface area contributed by atoms with Gasteiger partial charge in [-0.2, -0.15) is 0 Å². The van der Waals surface area contributed by atoms with Crippen molar-refractivity contribution in [3.8, 4) is 11.8 Å². The maximum atomic E-state index is 12.1. The van der Waals surface area contributed by atoms with E-state index in [0.29, 0.717) is 12.0 Å². The first-order valence-electron chi connectivity index (χ1n) is 5.81.